The number of rotatable bonds is 11. The van der Waals surface area contributed by atoms with Gasteiger partial charge in [0.05, 0.1) is 37.6 Å². The Hall–Kier alpha value is 0.0400. The first kappa shape index (κ1) is 25.1. The number of ether oxygens (including phenoxy) is 1. The van der Waals surface area contributed by atoms with E-state index in [4.69, 9.17) is 25.6 Å². The molecule has 1 aliphatic heterocycles. The summed E-state index contributed by atoms with van der Waals surface area (Å²) in [6, 6.07) is 0. The van der Waals surface area contributed by atoms with E-state index in [1.807, 2.05) is 6.92 Å². The molecule has 0 saturated carbocycles. The summed E-state index contributed by atoms with van der Waals surface area (Å²) in [5.41, 5.74) is 0. The number of carbonyl (C=O) groups excluding carboxylic acids is 1. The quantitative estimate of drug-likeness (QED) is 0.281. The average molecular weight is 428 g/mol. The van der Waals surface area contributed by atoms with Crippen molar-refractivity contribution in [2.24, 2.45) is 5.92 Å². The predicted molar refractivity (Wildman–Crippen MR) is 104 cm³/mol. The van der Waals surface area contributed by atoms with Crippen molar-refractivity contribution in [2.45, 2.75) is 76.7 Å². The zero-order valence-electron chi connectivity index (χ0n) is 16.4. The van der Waals surface area contributed by atoms with Crippen molar-refractivity contribution in [3.8, 4) is 0 Å². The minimum absolute atomic E-state index is 0.0298. The van der Waals surface area contributed by atoms with E-state index in [-0.39, 0.29) is 19.4 Å². The van der Waals surface area contributed by atoms with Crippen LogP contribution in [0, 0.1) is 5.92 Å². The Labute approximate surface area is 166 Å². The fourth-order valence-corrected chi connectivity index (χ4v) is 5.00. The van der Waals surface area contributed by atoms with E-state index in [2.05, 4.69) is 0 Å². The molecule has 5 unspecified atom stereocenters. The summed E-state index contributed by atoms with van der Waals surface area (Å²) >= 11 is 5.37. The van der Waals surface area contributed by atoms with Crippen molar-refractivity contribution in [1.29, 1.82) is 0 Å². The van der Waals surface area contributed by atoms with Gasteiger partial charge in [-0.3, -0.25) is 4.79 Å². The SMILES string of the molecule is CCCCOP(C)(=S)O[C@H](CO)CC1OC(O)(C(C)=O)CC(O)C1[C@@H](C)O. The van der Waals surface area contributed by atoms with Crippen LogP contribution in [0.1, 0.15) is 46.5 Å². The summed E-state index contributed by atoms with van der Waals surface area (Å²) < 4.78 is 16.9. The third kappa shape index (κ3) is 7.42. The lowest BCUT2D eigenvalue weighted by Crippen LogP contribution is -2.58. The molecule has 27 heavy (non-hydrogen) atoms. The van der Waals surface area contributed by atoms with Crippen molar-refractivity contribution in [3.05, 3.63) is 0 Å². The zero-order chi connectivity index (χ0) is 20.8. The van der Waals surface area contributed by atoms with Crippen LogP contribution in [0.4, 0.5) is 0 Å². The van der Waals surface area contributed by atoms with Crippen LogP contribution in [-0.4, -0.2) is 76.3 Å². The minimum atomic E-state index is -2.61. The molecule has 0 bridgehead atoms. The summed E-state index contributed by atoms with van der Waals surface area (Å²) in [6.07, 6.45) is -2.30. The number of hydrogen-bond donors (Lipinski definition) is 4. The van der Waals surface area contributed by atoms with Gasteiger partial charge in [-0.15, -0.1) is 0 Å². The van der Waals surface area contributed by atoms with Gasteiger partial charge in [-0.1, -0.05) is 13.3 Å². The van der Waals surface area contributed by atoms with E-state index in [1.54, 1.807) is 6.66 Å². The molecular formula is C17H33O8PS. The maximum absolute atomic E-state index is 11.8. The van der Waals surface area contributed by atoms with Gasteiger partial charge >= 0.3 is 0 Å². The van der Waals surface area contributed by atoms with Crippen molar-refractivity contribution >= 4 is 24.1 Å². The van der Waals surface area contributed by atoms with Crippen LogP contribution in [0.5, 0.6) is 0 Å². The van der Waals surface area contributed by atoms with Crippen molar-refractivity contribution in [2.75, 3.05) is 19.9 Å². The van der Waals surface area contributed by atoms with Gasteiger partial charge in [-0.25, -0.2) is 0 Å². The van der Waals surface area contributed by atoms with Gasteiger partial charge in [-0.2, -0.15) is 0 Å². The third-order valence-corrected chi connectivity index (χ3v) is 6.58. The first-order chi connectivity index (χ1) is 12.5. The van der Waals surface area contributed by atoms with Crippen molar-refractivity contribution in [3.63, 3.8) is 0 Å². The van der Waals surface area contributed by atoms with E-state index in [0.717, 1.165) is 12.8 Å². The molecule has 10 heteroatoms. The highest BCUT2D eigenvalue weighted by atomic mass is 32.5. The molecule has 1 heterocycles. The molecule has 0 spiro atoms. The number of hydrogen-bond acceptors (Lipinski definition) is 9. The van der Waals surface area contributed by atoms with E-state index >= 15 is 0 Å². The smallest absolute Gasteiger partial charge is 0.228 e. The highest BCUT2D eigenvalue weighted by Crippen LogP contribution is 2.47. The first-order valence-electron chi connectivity index (χ1n) is 9.24. The van der Waals surface area contributed by atoms with Crippen LogP contribution in [-0.2, 0) is 30.4 Å². The molecule has 0 aromatic rings. The molecule has 0 aromatic carbocycles. The molecule has 7 atom stereocenters. The maximum Gasteiger partial charge on any atom is 0.228 e. The molecule has 1 aliphatic rings. The van der Waals surface area contributed by atoms with Gasteiger partial charge in [0.1, 0.15) is 0 Å². The van der Waals surface area contributed by atoms with E-state index in [0.29, 0.717) is 6.61 Å². The molecule has 1 rings (SSSR count). The van der Waals surface area contributed by atoms with Gasteiger partial charge in [-0.05, 0) is 25.2 Å². The Morgan fingerprint density at radius 3 is 2.59 bits per heavy atom. The van der Waals surface area contributed by atoms with Gasteiger partial charge in [0.15, 0.2) is 12.3 Å². The van der Waals surface area contributed by atoms with Crippen LogP contribution in [0.3, 0.4) is 0 Å². The van der Waals surface area contributed by atoms with Crippen LogP contribution in [0.15, 0.2) is 0 Å². The number of ketones is 1. The van der Waals surface area contributed by atoms with Gasteiger partial charge in [0, 0.05) is 32.3 Å². The highest BCUT2D eigenvalue weighted by Gasteiger charge is 2.50. The Bertz CT molecular complexity index is 531. The fourth-order valence-electron chi connectivity index (χ4n) is 3.19. The molecule has 0 aliphatic carbocycles. The molecule has 0 amide bonds. The summed E-state index contributed by atoms with van der Waals surface area (Å²) in [7, 11) is 0. The lowest BCUT2D eigenvalue weighted by Gasteiger charge is -2.45. The second-order valence-electron chi connectivity index (χ2n) is 7.19. The van der Waals surface area contributed by atoms with Crippen LogP contribution < -0.4 is 0 Å². The molecule has 4 N–H and O–H groups in total. The molecule has 0 radical (unpaired) electrons. The predicted octanol–water partition coefficient (Wildman–Crippen LogP) is 0.934. The molecule has 160 valence electrons. The Balaban J connectivity index is 2.90. The number of carbonyl (C=O) groups is 1. The summed E-state index contributed by atoms with van der Waals surface area (Å²) in [5, 5.41) is 40.5. The largest absolute Gasteiger partial charge is 0.394 e. The summed E-state index contributed by atoms with van der Waals surface area (Å²) in [4.78, 5) is 11.8. The average Bonchev–Trinajstić information content (AvgIpc) is 2.52. The van der Waals surface area contributed by atoms with Crippen molar-refractivity contribution in [1.82, 2.24) is 0 Å². The molecule has 8 nitrogen and oxygen atoms in total. The lowest BCUT2D eigenvalue weighted by atomic mass is 9.81. The first-order valence-corrected chi connectivity index (χ1v) is 12.3. The highest BCUT2D eigenvalue weighted by molar-refractivity contribution is 8.09. The summed E-state index contributed by atoms with van der Waals surface area (Å²) in [5.74, 6) is -3.53. The number of Topliss-reactive ketones (excluding diaryl/α,β-unsaturated/α-hetero) is 1. The second-order valence-corrected chi connectivity index (χ2v) is 11.2. The molecule has 0 aromatic heterocycles. The van der Waals surface area contributed by atoms with Crippen molar-refractivity contribution < 1.29 is 39.0 Å². The zero-order valence-corrected chi connectivity index (χ0v) is 18.1. The van der Waals surface area contributed by atoms with Gasteiger partial charge in [0.2, 0.25) is 5.79 Å². The number of aliphatic hydroxyl groups excluding tert-OH is 3. The Kier molecular flexibility index (Phi) is 9.95. The minimum Gasteiger partial charge on any atom is -0.394 e. The van der Waals surface area contributed by atoms with Crippen LogP contribution in [0.25, 0.3) is 0 Å². The van der Waals surface area contributed by atoms with Crippen LogP contribution in [0.2, 0.25) is 0 Å². The number of unbranched alkanes of at least 4 members (excludes halogenated alkanes) is 1. The molecule has 1 saturated heterocycles. The second kappa shape index (κ2) is 10.7. The maximum atomic E-state index is 11.8. The fraction of sp³-hybridized carbons (Fsp3) is 0.941. The van der Waals surface area contributed by atoms with Gasteiger partial charge < -0.3 is 34.2 Å². The standard InChI is InChI=1S/C17H33O8PS/c1-5-6-7-23-26(4,27)25-13(10-18)8-15-16(11(2)19)14(21)9-17(22,24-15)12(3)20/h11,13-16,18-19,21-22H,5-10H2,1-4H3/t11-,13+,14?,15?,16?,17?,26?/m1/s1. The third-order valence-electron chi connectivity index (χ3n) is 4.68. The number of aliphatic hydroxyl groups is 4. The van der Waals surface area contributed by atoms with Gasteiger partial charge in [0.25, 0.3) is 0 Å². The normalized spacial score (nSPS) is 33.3. The van der Waals surface area contributed by atoms with Crippen LogP contribution >= 0.6 is 6.49 Å². The molecule has 1 fully saturated rings. The molecular weight excluding hydrogens is 395 g/mol. The lowest BCUT2D eigenvalue weighted by molar-refractivity contribution is -0.284. The Morgan fingerprint density at radius 2 is 2.11 bits per heavy atom. The van der Waals surface area contributed by atoms with E-state index in [1.165, 1.54) is 13.8 Å². The topological polar surface area (TPSA) is 126 Å². The van der Waals surface area contributed by atoms with E-state index in [9.17, 15) is 25.2 Å². The van der Waals surface area contributed by atoms with E-state index < -0.39 is 48.4 Å². The summed E-state index contributed by atoms with van der Waals surface area (Å²) in [6.45, 7) is 3.82. The Morgan fingerprint density at radius 1 is 1.48 bits per heavy atom. The monoisotopic (exact) mass is 428 g/mol.